The highest BCUT2D eigenvalue weighted by molar-refractivity contribution is 7.92. The maximum Gasteiger partial charge on any atom is 0.244 e. The molecule has 1 N–H and O–H groups in total. The number of hydrogen-bond donors (Lipinski definition) is 1. The van der Waals surface area contributed by atoms with Gasteiger partial charge in [-0.3, -0.25) is 13.9 Å². The molecule has 2 amide bonds. The van der Waals surface area contributed by atoms with E-state index in [1.165, 1.54) is 4.90 Å². The number of benzene rings is 2. The number of nitrogens with zero attached hydrogens (tertiary/aromatic N) is 2. The molecule has 9 nitrogen and oxygen atoms in total. The molecule has 0 bridgehead atoms. The van der Waals surface area contributed by atoms with Crippen LogP contribution in [-0.4, -0.2) is 63.7 Å². The normalized spacial score (nSPS) is 13.6. The summed E-state index contributed by atoms with van der Waals surface area (Å²) in [6, 6.07) is 11.5. The average Bonchev–Trinajstić information content (AvgIpc) is 2.80. The van der Waals surface area contributed by atoms with E-state index in [4.69, 9.17) is 9.47 Å². The van der Waals surface area contributed by atoms with E-state index >= 15 is 0 Å². The van der Waals surface area contributed by atoms with Crippen molar-refractivity contribution in [2.45, 2.75) is 33.4 Å². The summed E-state index contributed by atoms with van der Waals surface area (Å²) < 4.78 is 37.4. The van der Waals surface area contributed by atoms with Gasteiger partial charge in [-0.15, -0.1) is 0 Å². The number of nitrogens with one attached hydrogen (secondary N) is 1. The lowest BCUT2D eigenvalue weighted by atomic mass is 10.1. The summed E-state index contributed by atoms with van der Waals surface area (Å²) >= 11 is 0. The molecule has 0 saturated heterocycles. The number of likely N-dealkylation sites (N-methyl/N-ethyl adjacent to an activating group) is 1. The Bertz CT molecular complexity index is 1130. The van der Waals surface area contributed by atoms with Crippen LogP contribution < -0.4 is 19.1 Å². The smallest absolute Gasteiger partial charge is 0.244 e. The van der Waals surface area contributed by atoms with Crippen molar-refractivity contribution in [2.24, 2.45) is 0 Å². The third-order valence-electron chi connectivity index (χ3n) is 5.48. The van der Waals surface area contributed by atoms with Gasteiger partial charge in [-0.1, -0.05) is 29.8 Å². The molecule has 1 atom stereocenters. The minimum atomic E-state index is -3.82. The molecule has 2 aromatic rings. The molecule has 0 spiro atoms. The van der Waals surface area contributed by atoms with Gasteiger partial charge in [0, 0.05) is 19.2 Å². The summed E-state index contributed by atoms with van der Waals surface area (Å²) in [5.74, 6) is 0.116. The van der Waals surface area contributed by atoms with Crippen LogP contribution in [0.1, 0.15) is 25.0 Å². The van der Waals surface area contributed by atoms with Crippen molar-refractivity contribution in [3.63, 3.8) is 0 Å². The lowest BCUT2D eigenvalue weighted by Crippen LogP contribution is -2.51. The van der Waals surface area contributed by atoms with Crippen molar-refractivity contribution < 1.29 is 27.5 Å². The predicted molar refractivity (Wildman–Crippen MR) is 129 cm³/mol. The van der Waals surface area contributed by atoms with E-state index in [2.05, 4.69) is 5.32 Å². The van der Waals surface area contributed by atoms with Crippen LogP contribution in [0.5, 0.6) is 11.5 Å². The van der Waals surface area contributed by atoms with Crippen molar-refractivity contribution in [3.8, 4) is 11.5 Å². The zero-order valence-corrected chi connectivity index (χ0v) is 20.7. The van der Waals surface area contributed by atoms with Gasteiger partial charge in [-0.2, -0.15) is 0 Å². The fourth-order valence-electron chi connectivity index (χ4n) is 3.60. The quantitative estimate of drug-likeness (QED) is 0.578. The van der Waals surface area contributed by atoms with Crippen molar-refractivity contribution in [2.75, 3.05) is 36.9 Å². The molecule has 1 aliphatic heterocycles. The predicted octanol–water partition coefficient (Wildman–Crippen LogP) is 2.09. The molecule has 184 valence electrons. The minimum absolute atomic E-state index is 0.163. The summed E-state index contributed by atoms with van der Waals surface area (Å²) in [6.45, 7) is 6.26. The molecule has 3 rings (SSSR count). The van der Waals surface area contributed by atoms with Crippen LogP contribution in [0.2, 0.25) is 0 Å². The first kappa shape index (κ1) is 25.4. The Morgan fingerprint density at radius 1 is 1.06 bits per heavy atom. The third-order valence-corrected chi connectivity index (χ3v) is 6.63. The van der Waals surface area contributed by atoms with Crippen molar-refractivity contribution >= 4 is 27.5 Å². The number of fused-ring (bicyclic) bond motifs is 1. The fourth-order valence-corrected chi connectivity index (χ4v) is 4.44. The van der Waals surface area contributed by atoms with Gasteiger partial charge in [0.2, 0.25) is 21.8 Å². The Labute approximate surface area is 200 Å². The lowest BCUT2D eigenvalue weighted by molar-refractivity contribution is -0.139. The highest BCUT2D eigenvalue weighted by atomic mass is 32.2. The maximum atomic E-state index is 13.5. The zero-order chi connectivity index (χ0) is 24.9. The Morgan fingerprint density at radius 2 is 1.71 bits per heavy atom. The van der Waals surface area contributed by atoms with Gasteiger partial charge in [0.1, 0.15) is 25.8 Å². The summed E-state index contributed by atoms with van der Waals surface area (Å²) in [6.07, 6.45) is 1.04. The van der Waals surface area contributed by atoms with E-state index in [0.717, 1.165) is 21.7 Å². The van der Waals surface area contributed by atoms with Crippen molar-refractivity contribution in [1.82, 2.24) is 10.2 Å². The monoisotopic (exact) mass is 489 g/mol. The first-order valence-electron chi connectivity index (χ1n) is 11.1. The molecule has 34 heavy (non-hydrogen) atoms. The van der Waals surface area contributed by atoms with Crippen LogP contribution in [0, 0.1) is 6.92 Å². The minimum Gasteiger partial charge on any atom is -0.486 e. The number of amides is 2. The maximum absolute atomic E-state index is 13.5. The first-order chi connectivity index (χ1) is 16.1. The molecular weight excluding hydrogens is 458 g/mol. The molecule has 0 unspecified atom stereocenters. The standard InChI is InChI=1S/C24H31N3O6S/c1-5-25-24(29)18(3)26(15-19-8-6-17(2)7-9-19)23(28)16-27(34(4,30)31)20-10-11-21-22(14-20)33-13-12-32-21/h6-11,14,18H,5,12-13,15-16H2,1-4H3,(H,25,29)/t18-/m1/s1. The summed E-state index contributed by atoms with van der Waals surface area (Å²) in [5, 5.41) is 2.73. The fraction of sp³-hybridized carbons (Fsp3) is 0.417. The lowest BCUT2D eigenvalue weighted by Gasteiger charge is -2.31. The highest BCUT2D eigenvalue weighted by Crippen LogP contribution is 2.34. The molecule has 2 aromatic carbocycles. The van der Waals surface area contributed by atoms with E-state index in [0.29, 0.717) is 31.3 Å². The van der Waals surface area contributed by atoms with E-state index < -0.39 is 28.5 Å². The van der Waals surface area contributed by atoms with Crippen LogP contribution in [0.15, 0.2) is 42.5 Å². The number of sulfonamides is 1. The first-order valence-corrected chi connectivity index (χ1v) is 12.9. The molecule has 0 aromatic heterocycles. The van der Waals surface area contributed by atoms with Crippen molar-refractivity contribution in [3.05, 3.63) is 53.6 Å². The average molecular weight is 490 g/mol. The summed E-state index contributed by atoms with van der Waals surface area (Å²) in [5.41, 5.74) is 2.18. The van der Waals surface area contributed by atoms with Gasteiger partial charge < -0.3 is 19.7 Å². The topological polar surface area (TPSA) is 105 Å². The second kappa shape index (κ2) is 10.8. The molecule has 1 heterocycles. The zero-order valence-electron chi connectivity index (χ0n) is 19.9. The second-order valence-electron chi connectivity index (χ2n) is 8.18. The van der Waals surface area contributed by atoms with Crippen LogP contribution in [-0.2, 0) is 26.2 Å². The van der Waals surface area contributed by atoms with Gasteiger partial charge in [0.15, 0.2) is 11.5 Å². The Morgan fingerprint density at radius 3 is 2.32 bits per heavy atom. The van der Waals surface area contributed by atoms with Crippen LogP contribution in [0.4, 0.5) is 5.69 Å². The van der Waals surface area contributed by atoms with E-state index in [-0.39, 0.29) is 18.1 Å². The second-order valence-corrected chi connectivity index (χ2v) is 10.1. The van der Waals surface area contributed by atoms with Gasteiger partial charge in [0.05, 0.1) is 11.9 Å². The summed E-state index contributed by atoms with van der Waals surface area (Å²) in [4.78, 5) is 27.4. The van der Waals surface area contributed by atoms with Crippen LogP contribution in [0.25, 0.3) is 0 Å². The van der Waals surface area contributed by atoms with Gasteiger partial charge in [0.25, 0.3) is 0 Å². The number of ether oxygens (including phenoxy) is 2. The molecule has 0 fully saturated rings. The number of carbonyl (C=O) groups excluding carboxylic acids is 2. The van der Waals surface area contributed by atoms with Gasteiger partial charge in [-0.25, -0.2) is 8.42 Å². The highest BCUT2D eigenvalue weighted by Gasteiger charge is 2.30. The van der Waals surface area contributed by atoms with Crippen LogP contribution in [0.3, 0.4) is 0 Å². The Kier molecular flexibility index (Phi) is 8.03. The number of rotatable bonds is 9. The van der Waals surface area contributed by atoms with Crippen molar-refractivity contribution in [1.29, 1.82) is 0 Å². The SMILES string of the molecule is CCNC(=O)[C@@H](C)N(Cc1ccc(C)cc1)C(=O)CN(c1ccc2c(c1)OCCO2)S(C)(=O)=O. The van der Waals surface area contributed by atoms with E-state index in [1.807, 2.05) is 31.2 Å². The molecule has 0 aliphatic carbocycles. The number of carbonyl (C=O) groups is 2. The molecule has 1 aliphatic rings. The summed E-state index contributed by atoms with van der Waals surface area (Å²) in [7, 11) is -3.82. The molecule has 10 heteroatoms. The molecule has 0 radical (unpaired) electrons. The number of aryl methyl sites for hydroxylation is 1. The third kappa shape index (κ3) is 6.19. The largest absolute Gasteiger partial charge is 0.486 e. The Balaban J connectivity index is 1.91. The Hall–Kier alpha value is -3.27. The van der Waals surface area contributed by atoms with Gasteiger partial charge in [-0.05, 0) is 38.5 Å². The van der Waals surface area contributed by atoms with E-state index in [9.17, 15) is 18.0 Å². The number of hydrogen-bond acceptors (Lipinski definition) is 6. The number of anilines is 1. The van der Waals surface area contributed by atoms with E-state index in [1.54, 1.807) is 32.0 Å². The van der Waals surface area contributed by atoms with Gasteiger partial charge >= 0.3 is 0 Å². The van der Waals surface area contributed by atoms with Crippen LogP contribution >= 0.6 is 0 Å². The molecular formula is C24H31N3O6S. The molecule has 0 saturated carbocycles.